The molecule has 22 heavy (non-hydrogen) atoms. The molecular formula is C16H27ClN4S. The van der Waals surface area contributed by atoms with Crippen molar-refractivity contribution in [3.05, 3.63) is 16.4 Å². The van der Waals surface area contributed by atoms with Gasteiger partial charge >= 0.3 is 0 Å². The molecule has 0 aliphatic carbocycles. The highest BCUT2D eigenvalue weighted by atomic mass is 35.5. The van der Waals surface area contributed by atoms with E-state index in [0.29, 0.717) is 0 Å². The van der Waals surface area contributed by atoms with Gasteiger partial charge in [-0.2, -0.15) is 16.9 Å². The average molecular weight is 343 g/mol. The van der Waals surface area contributed by atoms with Crippen molar-refractivity contribution >= 4 is 23.4 Å². The predicted octanol–water partition coefficient (Wildman–Crippen LogP) is 2.65. The molecule has 0 aromatic carbocycles. The lowest BCUT2D eigenvalue weighted by atomic mass is 10.0. The van der Waals surface area contributed by atoms with Gasteiger partial charge in [0.2, 0.25) is 0 Å². The molecule has 1 aromatic rings. The molecule has 0 radical (unpaired) electrons. The molecule has 1 aromatic heterocycles. The quantitative estimate of drug-likeness (QED) is 0.839. The van der Waals surface area contributed by atoms with E-state index in [-0.39, 0.29) is 0 Å². The summed E-state index contributed by atoms with van der Waals surface area (Å²) in [5, 5.41) is 5.34. The van der Waals surface area contributed by atoms with Crippen molar-refractivity contribution < 1.29 is 0 Å². The molecule has 4 nitrogen and oxygen atoms in total. The highest BCUT2D eigenvalue weighted by Gasteiger charge is 2.26. The Labute approximate surface area is 143 Å². The fourth-order valence-electron chi connectivity index (χ4n) is 3.65. The van der Waals surface area contributed by atoms with Crippen LogP contribution in [0.15, 0.2) is 0 Å². The molecule has 2 aliphatic rings. The minimum atomic E-state index is 0.798. The highest BCUT2D eigenvalue weighted by molar-refractivity contribution is 7.99. The minimum Gasteiger partial charge on any atom is -0.299 e. The van der Waals surface area contributed by atoms with Crippen molar-refractivity contribution in [2.75, 3.05) is 37.7 Å². The van der Waals surface area contributed by atoms with Crippen LogP contribution >= 0.6 is 23.4 Å². The van der Waals surface area contributed by atoms with Crippen molar-refractivity contribution in [1.29, 1.82) is 0 Å². The topological polar surface area (TPSA) is 24.3 Å². The molecule has 6 heteroatoms. The molecule has 2 fully saturated rings. The first-order chi connectivity index (χ1) is 10.7. The van der Waals surface area contributed by atoms with Crippen molar-refractivity contribution in [3.63, 3.8) is 0 Å². The largest absolute Gasteiger partial charge is 0.299 e. The number of piperidine rings is 1. The Balaban J connectivity index is 1.55. The van der Waals surface area contributed by atoms with Crippen molar-refractivity contribution in [2.45, 2.75) is 38.8 Å². The minimum absolute atomic E-state index is 0.798. The maximum absolute atomic E-state index is 6.43. The van der Waals surface area contributed by atoms with E-state index in [1.807, 2.05) is 11.7 Å². The lowest BCUT2D eigenvalue weighted by molar-refractivity contribution is 0.112. The summed E-state index contributed by atoms with van der Waals surface area (Å²) < 4.78 is 1.81. The average Bonchev–Trinajstić information content (AvgIpc) is 2.84. The second-order valence-electron chi connectivity index (χ2n) is 6.35. The van der Waals surface area contributed by atoms with Gasteiger partial charge < -0.3 is 0 Å². The maximum Gasteiger partial charge on any atom is 0.131 e. The molecule has 0 unspecified atom stereocenters. The van der Waals surface area contributed by atoms with Gasteiger partial charge in [0.25, 0.3) is 0 Å². The van der Waals surface area contributed by atoms with Crippen molar-refractivity contribution in [3.8, 4) is 0 Å². The monoisotopic (exact) mass is 342 g/mol. The summed E-state index contributed by atoms with van der Waals surface area (Å²) in [6.45, 7) is 8.04. The van der Waals surface area contributed by atoms with Gasteiger partial charge in [0, 0.05) is 49.8 Å². The summed E-state index contributed by atoms with van der Waals surface area (Å²) in [4.78, 5) is 5.26. The summed E-state index contributed by atoms with van der Waals surface area (Å²) in [6.07, 6.45) is 3.55. The van der Waals surface area contributed by atoms with Crippen molar-refractivity contribution in [2.24, 2.45) is 7.05 Å². The third-order valence-corrected chi connectivity index (χ3v) is 6.40. The second-order valence-corrected chi connectivity index (χ2v) is 7.93. The van der Waals surface area contributed by atoms with Crippen LogP contribution in [-0.2, 0) is 20.0 Å². The lowest BCUT2D eigenvalue weighted by Gasteiger charge is -2.40. The van der Waals surface area contributed by atoms with Crippen LogP contribution in [0.1, 0.15) is 31.0 Å². The second kappa shape index (κ2) is 7.56. The van der Waals surface area contributed by atoms with Crippen molar-refractivity contribution in [1.82, 2.24) is 19.6 Å². The molecule has 0 saturated carbocycles. The first kappa shape index (κ1) is 16.6. The number of likely N-dealkylation sites (tertiary alicyclic amines) is 1. The van der Waals surface area contributed by atoms with Crippen LogP contribution in [0, 0.1) is 0 Å². The van der Waals surface area contributed by atoms with Gasteiger partial charge in [-0.25, -0.2) is 0 Å². The van der Waals surface area contributed by atoms with E-state index in [4.69, 9.17) is 11.6 Å². The maximum atomic E-state index is 6.43. The van der Waals surface area contributed by atoms with Gasteiger partial charge in [-0.1, -0.05) is 18.5 Å². The third kappa shape index (κ3) is 3.64. The summed E-state index contributed by atoms with van der Waals surface area (Å²) in [6, 6.07) is 0.798. The molecule has 3 rings (SSSR count). The van der Waals surface area contributed by atoms with E-state index in [9.17, 15) is 0 Å². The van der Waals surface area contributed by atoms with Crippen LogP contribution in [0.3, 0.4) is 0 Å². The Bertz CT molecular complexity index is 491. The van der Waals surface area contributed by atoms with Gasteiger partial charge in [-0.05, 0) is 32.4 Å². The number of hydrogen-bond acceptors (Lipinski definition) is 4. The van der Waals surface area contributed by atoms with Crippen LogP contribution in [0.5, 0.6) is 0 Å². The summed E-state index contributed by atoms with van der Waals surface area (Å²) >= 11 is 8.52. The first-order valence-corrected chi connectivity index (χ1v) is 9.96. The number of aryl methyl sites for hydroxylation is 2. The fraction of sp³-hybridized carbons (Fsp3) is 0.812. The molecule has 0 spiro atoms. The summed E-state index contributed by atoms with van der Waals surface area (Å²) in [5.74, 6) is 2.62. The molecule has 2 aliphatic heterocycles. The molecule has 0 atom stereocenters. The van der Waals surface area contributed by atoms with E-state index < -0.39 is 0 Å². The Morgan fingerprint density at radius 1 is 1.18 bits per heavy atom. The molecule has 3 heterocycles. The van der Waals surface area contributed by atoms with E-state index in [1.165, 1.54) is 56.1 Å². The number of rotatable bonds is 4. The zero-order valence-corrected chi connectivity index (χ0v) is 15.3. The van der Waals surface area contributed by atoms with Gasteiger partial charge in [-0.3, -0.25) is 14.5 Å². The van der Waals surface area contributed by atoms with Gasteiger partial charge in [-0.15, -0.1) is 0 Å². The van der Waals surface area contributed by atoms with E-state index in [2.05, 4.69) is 33.6 Å². The van der Waals surface area contributed by atoms with Gasteiger partial charge in [0.15, 0.2) is 0 Å². The Hall–Kier alpha value is -0.230. The van der Waals surface area contributed by atoms with E-state index in [0.717, 1.165) is 29.9 Å². The third-order valence-electron chi connectivity index (χ3n) is 4.99. The predicted molar refractivity (Wildman–Crippen MR) is 94.8 cm³/mol. The molecule has 124 valence electrons. The van der Waals surface area contributed by atoms with Crippen LogP contribution in [0.25, 0.3) is 0 Å². The standard InChI is InChI=1S/C16H27ClN4S/c1-3-15-14(16(17)19(2)18-15)12-20-6-4-13(5-7-20)21-8-10-22-11-9-21/h13H,3-12H2,1-2H3. The zero-order valence-electron chi connectivity index (χ0n) is 13.7. The van der Waals surface area contributed by atoms with Crippen LogP contribution in [0.4, 0.5) is 0 Å². The number of aromatic nitrogens is 2. The lowest BCUT2D eigenvalue weighted by Crippen LogP contribution is -2.47. The molecule has 2 saturated heterocycles. The molecular weight excluding hydrogens is 316 g/mol. The Kier molecular flexibility index (Phi) is 5.71. The van der Waals surface area contributed by atoms with Gasteiger partial charge in [0.1, 0.15) is 5.15 Å². The number of thioether (sulfide) groups is 1. The Morgan fingerprint density at radius 3 is 2.50 bits per heavy atom. The first-order valence-electron chi connectivity index (χ1n) is 8.43. The summed E-state index contributed by atoms with van der Waals surface area (Å²) in [7, 11) is 1.94. The molecule has 0 N–H and O–H groups in total. The number of hydrogen-bond donors (Lipinski definition) is 0. The fourth-order valence-corrected chi connectivity index (χ4v) is 4.79. The smallest absolute Gasteiger partial charge is 0.131 e. The Morgan fingerprint density at radius 2 is 1.86 bits per heavy atom. The SMILES string of the molecule is CCc1nn(C)c(Cl)c1CN1CCC(N2CCSCC2)CC1. The van der Waals surface area contributed by atoms with Gasteiger partial charge in [0.05, 0.1) is 5.69 Å². The van der Waals surface area contributed by atoms with Crippen LogP contribution < -0.4 is 0 Å². The number of halogens is 1. The van der Waals surface area contributed by atoms with E-state index >= 15 is 0 Å². The molecule has 0 amide bonds. The summed E-state index contributed by atoms with van der Waals surface area (Å²) in [5.41, 5.74) is 2.39. The van der Waals surface area contributed by atoms with E-state index in [1.54, 1.807) is 0 Å². The molecule has 0 bridgehead atoms. The zero-order chi connectivity index (χ0) is 15.5. The van der Waals surface area contributed by atoms with Crippen LogP contribution in [0.2, 0.25) is 5.15 Å². The van der Waals surface area contributed by atoms with Crippen LogP contribution in [-0.4, -0.2) is 63.3 Å². The highest BCUT2D eigenvalue weighted by Crippen LogP contribution is 2.25. The number of nitrogens with zero attached hydrogens (tertiary/aromatic N) is 4. The normalized spacial score (nSPS) is 22.3.